The summed E-state index contributed by atoms with van der Waals surface area (Å²) >= 11 is 0. The standard InChI is InChI=1S/C13H20FNO/c1-15(9-4-5-11-16)10-8-12-6-2-3-7-13(12)14/h2-3,6-7,16H,4-5,8-11H2,1H3. The predicted octanol–water partition coefficient (Wildman–Crippen LogP) is 2.07. The number of hydrogen-bond donors (Lipinski definition) is 1. The lowest BCUT2D eigenvalue weighted by Gasteiger charge is -2.16. The average molecular weight is 225 g/mol. The molecule has 0 aliphatic rings. The number of benzene rings is 1. The molecule has 0 saturated carbocycles. The lowest BCUT2D eigenvalue weighted by molar-refractivity contribution is 0.264. The Balaban J connectivity index is 2.26. The topological polar surface area (TPSA) is 23.5 Å². The Morgan fingerprint density at radius 3 is 2.62 bits per heavy atom. The van der Waals surface area contributed by atoms with Gasteiger partial charge in [0.05, 0.1) is 0 Å². The van der Waals surface area contributed by atoms with Crippen molar-refractivity contribution in [3.8, 4) is 0 Å². The van der Waals surface area contributed by atoms with Gasteiger partial charge in [-0.25, -0.2) is 4.39 Å². The van der Waals surface area contributed by atoms with Crippen LogP contribution < -0.4 is 0 Å². The van der Waals surface area contributed by atoms with E-state index >= 15 is 0 Å². The summed E-state index contributed by atoms with van der Waals surface area (Å²) in [5, 5.41) is 8.66. The number of halogens is 1. The zero-order chi connectivity index (χ0) is 11.8. The van der Waals surface area contributed by atoms with Gasteiger partial charge in [0.15, 0.2) is 0 Å². The van der Waals surface area contributed by atoms with Crippen molar-refractivity contribution in [3.05, 3.63) is 35.6 Å². The summed E-state index contributed by atoms with van der Waals surface area (Å²) in [7, 11) is 2.03. The van der Waals surface area contributed by atoms with Crippen molar-refractivity contribution in [1.82, 2.24) is 4.90 Å². The van der Waals surface area contributed by atoms with E-state index in [0.717, 1.165) is 37.9 Å². The first-order chi connectivity index (χ1) is 7.74. The zero-order valence-corrected chi connectivity index (χ0v) is 9.82. The zero-order valence-electron chi connectivity index (χ0n) is 9.82. The lowest BCUT2D eigenvalue weighted by atomic mass is 10.1. The maximum atomic E-state index is 13.3. The van der Waals surface area contributed by atoms with Crippen LogP contribution in [0.2, 0.25) is 0 Å². The van der Waals surface area contributed by atoms with Gasteiger partial charge >= 0.3 is 0 Å². The highest BCUT2D eigenvalue weighted by Gasteiger charge is 2.03. The summed E-state index contributed by atoms with van der Waals surface area (Å²) in [6.07, 6.45) is 2.57. The number of likely N-dealkylation sites (N-methyl/N-ethyl adjacent to an activating group) is 1. The summed E-state index contributed by atoms with van der Waals surface area (Å²) in [4.78, 5) is 2.17. The molecule has 0 unspecified atom stereocenters. The van der Waals surface area contributed by atoms with Gasteiger partial charge in [0, 0.05) is 13.2 Å². The molecule has 0 aromatic heterocycles. The second kappa shape index (κ2) is 7.36. The molecule has 2 nitrogen and oxygen atoms in total. The van der Waals surface area contributed by atoms with E-state index in [1.54, 1.807) is 6.07 Å². The van der Waals surface area contributed by atoms with Gasteiger partial charge in [-0.2, -0.15) is 0 Å². The van der Waals surface area contributed by atoms with E-state index in [4.69, 9.17) is 5.11 Å². The lowest BCUT2D eigenvalue weighted by Crippen LogP contribution is -2.22. The molecule has 1 N–H and O–H groups in total. The smallest absolute Gasteiger partial charge is 0.126 e. The van der Waals surface area contributed by atoms with E-state index in [1.807, 2.05) is 19.2 Å². The van der Waals surface area contributed by atoms with Crippen LogP contribution in [0.1, 0.15) is 18.4 Å². The minimum Gasteiger partial charge on any atom is -0.396 e. The highest BCUT2D eigenvalue weighted by atomic mass is 19.1. The highest BCUT2D eigenvalue weighted by molar-refractivity contribution is 5.17. The molecule has 16 heavy (non-hydrogen) atoms. The first-order valence-corrected chi connectivity index (χ1v) is 5.77. The third-order valence-electron chi connectivity index (χ3n) is 2.67. The molecule has 0 atom stereocenters. The number of unbranched alkanes of at least 4 members (excludes halogenated alkanes) is 1. The van der Waals surface area contributed by atoms with Gasteiger partial charge in [-0.1, -0.05) is 18.2 Å². The van der Waals surface area contributed by atoms with Crippen LogP contribution in [0.3, 0.4) is 0 Å². The van der Waals surface area contributed by atoms with Crippen molar-refractivity contribution < 1.29 is 9.50 Å². The van der Waals surface area contributed by atoms with Crippen LogP contribution in [-0.2, 0) is 6.42 Å². The Bertz CT molecular complexity index is 304. The number of nitrogens with zero attached hydrogens (tertiary/aromatic N) is 1. The van der Waals surface area contributed by atoms with Gasteiger partial charge in [0.1, 0.15) is 5.82 Å². The minimum absolute atomic E-state index is 0.119. The van der Waals surface area contributed by atoms with Crippen molar-refractivity contribution in [1.29, 1.82) is 0 Å². The molecule has 3 heteroatoms. The van der Waals surface area contributed by atoms with E-state index in [9.17, 15) is 4.39 Å². The highest BCUT2D eigenvalue weighted by Crippen LogP contribution is 2.07. The Hall–Kier alpha value is -0.930. The largest absolute Gasteiger partial charge is 0.396 e. The third kappa shape index (κ3) is 4.73. The van der Waals surface area contributed by atoms with Gasteiger partial charge < -0.3 is 10.0 Å². The Labute approximate surface area is 96.7 Å². The van der Waals surface area contributed by atoms with Gasteiger partial charge in [0.2, 0.25) is 0 Å². The minimum atomic E-state index is -0.119. The Morgan fingerprint density at radius 2 is 1.94 bits per heavy atom. The van der Waals surface area contributed by atoms with E-state index in [2.05, 4.69) is 4.90 Å². The van der Waals surface area contributed by atoms with Crippen LogP contribution in [0, 0.1) is 5.82 Å². The first-order valence-electron chi connectivity index (χ1n) is 5.77. The van der Waals surface area contributed by atoms with E-state index in [0.29, 0.717) is 0 Å². The van der Waals surface area contributed by atoms with Crippen LogP contribution in [-0.4, -0.2) is 36.8 Å². The maximum Gasteiger partial charge on any atom is 0.126 e. The number of aliphatic hydroxyl groups excluding tert-OH is 1. The molecule has 0 fully saturated rings. The fraction of sp³-hybridized carbons (Fsp3) is 0.538. The van der Waals surface area contributed by atoms with Crippen molar-refractivity contribution in [2.75, 3.05) is 26.7 Å². The van der Waals surface area contributed by atoms with Crippen molar-refractivity contribution in [3.63, 3.8) is 0 Å². The van der Waals surface area contributed by atoms with E-state index < -0.39 is 0 Å². The van der Waals surface area contributed by atoms with Crippen molar-refractivity contribution in [2.45, 2.75) is 19.3 Å². The molecule has 0 amide bonds. The van der Waals surface area contributed by atoms with Gasteiger partial charge in [-0.05, 0) is 44.5 Å². The molecule has 0 aliphatic carbocycles. The van der Waals surface area contributed by atoms with Crippen molar-refractivity contribution in [2.24, 2.45) is 0 Å². The Kier molecular flexibility index (Phi) is 6.04. The first kappa shape index (κ1) is 13.1. The summed E-state index contributed by atoms with van der Waals surface area (Å²) in [6.45, 7) is 2.06. The monoisotopic (exact) mass is 225 g/mol. The SMILES string of the molecule is CN(CCCCO)CCc1ccccc1F. The predicted molar refractivity (Wildman–Crippen MR) is 63.9 cm³/mol. The quantitative estimate of drug-likeness (QED) is 0.718. The molecule has 0 bridgehead atoms. The van der Waals surface area contributed by atoms with Gasteiger partial charge in [-0.3, -0.25) is 0 Å². The van der Waals surface area contributed by atoms with Gasteiger partial charge in [0.25, 0.3) is 0 Å². The molecule has 90 valence electrons. The van der Waals surface area contributed by atoms with Crippen LogP contribution in [0.4, 0.5) is 4.39 Å². The summed E-state index contributed by atoms with van der Waals surface area (Å²) in [5.41, 5.74) is 0.775. The number of aliphatic hydroxyl groups is 1. The fourth-order valence-corrected chi connectivity index (χ4v) is 1.62. The van der Waals surface area contributed by atoms with E-state index in [-0.39, 0.29) is 12.4 Å². The molecule has 0 aliphatic heterocycles. The van der Waals surface area contributed by atoms with E-state index in [1.165, 1.54) is 6.07 Å². The molecular formula is C13H20FNO. The van der Waals surface area contributed by atoms with Crippen LogP contribution in [0.5, 0.6) is 0 Å². The molecule has 0 spiro atoms. The molecule has 1 rings (SSSR count). The van der Waals surface area contributed by atoms with Crippen LogP contribution in [0.15, 0.2) is 24.3 Å². The average Bonchev–Trinajstić information content (AvgIpc) is 2.28. The summed E-state index contributed by atoms with van der Waals surface area (Å²) < 4.78 is 13.3. The fourth-order valence-electron chi connectivity index (χ4n) is 1.62. The number of rotatable bonds is 7. The maximum absolute atomic E-state index is 13.3. The summed E-state index contributed by atoms with van der Waals surface area (Å²) in [5.74, 6) is -0.119. The van der Waals surface area contributed by atoms with Crippen LogP contribution in [0.25, 0.3) is 0 Å². The molecular weight excluding hydrogens is 205 g/mol. The molecule has 1 aromatic carbocycles. The second-order valence-corrected chi connectivity index (χ2v) is 4.08. The molecule has 0 saturated heterocycles. The van der Waals surface area contributed by atoms with Crippen LogP contribution >= 0.6 is 0 Å². The number of hydrogen-bond acceptors (Lipinski definition) is 2. The molecule has 0 radical (unpaired) electrons. The van der Waals surface area contributed by atoms with Crippen molar-refractivity contribution >= 4 is 0 Å². The van der Waals surface area contributed by atoms with Gasteiger partial charge in [-0.15, -0.1) is 0 Å². The second-order valence-electron chi connectivity index (χ2n) is 4.08. The molecule has 0 heterocycles. The third-order valence-corrected chi connectivity index (χ3v) is 2.67. The summed E-state index contributed by atoms with van der Waals surface area (Å²) in [6, 6.07) is 6.91. The molecule has 1 aromatic rings. The normalized spacial score (nSPS) is 11.0. The Morgan fingerprint density at radius 1 is 1.19 bits per heavy atom.